The first-order valence-corrected chi connectivity index (χ1v) is 8.28. The topological polar surface area (TPSA) is 79.8 Å². The third-order valence-corrected chi connectivity index (χ3v) is 4.55. The summed E-state index contributed by atoms with van der Waals surface area (Å²) in [6, 6.07) is 1.47. The van der Waals surface area contributed by atoms with Gasteiger partial charge in [-0.2, -0.15) is 0 Å². The van der Waals surface area contributed by atoms with Crippen LogP contribution in [0.3, 0.4) is 0 Å². The number of thiazole rings is 1. The molecule has 22 heavy (non-hydrogen) atoms. The van der Waals surface area contributed by atoms with Crippen molar-refractivity contribution in [1.29, 1.82) is 0 Å². The molecule has 2 heterocycles. The smallest absolute Gasteiger partial charge is 0.315 e. The van der Waals surface area contributed by atoms with Gasteiger partial charge in [0, 0.05) is 17.5 Å². The molecule has 0 radical (unpaired) electrons. The number of urea groups is 1. The third-order valence-electron chi connectivity index (χ3n) is 3.52. The third kappa shape index (κ3) is 3.79. The molecule has 1 atom stereocenters. The van der Waals surface area contributed by atoms with Crippen LogP contribution >= 0.6 is 11.3 Å². The quantitative estimate of drug-likeness (QED) is 0.888. The minimum Gasteiger partial charge on any atom is -0.332 e. The molecule has 1 aliphatic carbocycles. The summed E-state index contributed by atoms with van der Waals surface area (Å²) in [6.07, 6.45) is 4.18. The fourth-order valence-corrected chi connectivity index (χ4v) is 3.20. The zero-order chi connectivity index (χ0) is 15.5. The largest absolute Gasteiger partial charge is 0.332 e. The van der Waals surface area contributed by atoms with Crippen molar-refractivity contribution < 1.29 is 4.79 Å². The number of rotatable bonds is 5. The van der Waals surface area contributed by atoms with Crippen molar-refractivity contribution in [2.45, 2.75) is 45.2 Å². The van der Waals surface area contributed by atoms with Gasteiger partial charge in [0.2, 0.25) is 0 Å². The van der Waals surface area contributed by atoms with Gasteiger partial charge in [0.1, 0.15) is 5.82 Å². The number of nitrogens with zero attached hydrogens (tertiary/aromatic N) is 3. The first-order valence-electron chi connectivity index (χ1n) is 7.40. The molecular weight excluding hydrogens is 298 g/mol. The molecule has 0 aromatic carbocycles. The highest BCUT2D eigenvalue weighted by Gasteiger charge is 2.27. The molecule has 1 unspecified atom stereocenters. The molecule has 0 aliphatic heterocycles. The predicted octanol–water partition coefficient (Wildman–Crippen LogP) is 2.68. The highest BCUT2D eigenvalue weighted by atomic mass is 32.1. The van der Waals surface area contributed by atoms with Crippen LogP contribution in [0, 0.1) is 6.92 Å². The van der Waals surface area contributed by atoms with Crippen LogP contribution < -0.4 is 10.6 Å². The Morgan fingerprint density at radius 3 is 3.00 bits per heavy atom. The standard InChI is InChI=1S/C15H19N5OS/c1-9(13-8-22-14(20-13)11-3-4-11)18-15(21)17-7-12-5-6-16-10(2)19-12/h5-6,8-9,11H,3-4,7H2,1-2H3,(H2,17,18,21). The Morgan fingerprint density at radius 1 is 1.45 bits per heavy atom. The molecule has 116 valence electrons. The summed E-state index contributed by atoms with van der Waals surface area (Å²) in [6.45, 7) is 4.15. The second-order valence-corrected chi connectivity index (χ2v) is 6.42. The Hall–Kier alpha value is -2.02. The van der Waals surface area contributed by atoms with E-state index in [0.29, 0.717) is 18.3 Å². The highest BCUT2D eigenvalue weighted by Crippen LogP contribution is 2.41. The number of nitrogens with one attached hydrogen (secondary N) is 2. The van der Waals surface area contributed by atoms with E-state index in [0.717, 1.165) is 11.4 Å². The van der Waals surface area contributed by atoms with Gasteiger partial charge in [-0.1, -0.05) is 0 Å². The van der Waals surface area contributed by atoms with E-state index >= 15 is 0 Å². The normalized spacial score (nSPS) is 15.4. The van der Waals surface area contributed by atoms with E-state index in [9.17, 15) is 4.79 Å². The summed E-state index contributed by atoms with van der Waals surface area (Å²) >= 11 is 1.69. The van der Waals surface area contributed by atoms with Gasteiger partial charge in [0.25, 0.3) is 0 Å². The summed E-state index contributed by atoms with van der Waals surface area (Å²) in [5, 5.41) is 8.94. The van der Waals surface area contributed by atoms with Crippen molar-refractivity contribution in [1.82, 2.24) is 25.6 Å². The van der Waals surface area contributed by atoms with E-state index in [1.165, 1.54) is 17.8 Å². The number of hydrogen-bond donors (Lipinski definition) is 2. The maximum Gasteiger partial charge on any atom is 0.315 e. The van der Waals surface area contributed by atoms with Crippen LogP contribution in [0.2, 0.25) is 0 Å². The molecule has 1 fully saturated rings. The molecule has 7 heteroatoms. The van der Waals surface area contributed by atoms with Crippen molar-refractivity contribution in [2.24, 2.45) is 0 Å². The summed E-state index contributed by atoms with van der Waals surface area (Å²) in [4.78, 5) is 24.8. The monoisotopic (exact) mass is 317 g/mol. The zero-order valence-corrected chi connectivity index (χ0v) is 13.5. The molecule has 0 bridgehead atoms. The van der Waals surface area contributed by atoms with Gasteiger partial charge in [0.15, 0.2) is 0 Å². The number of amides is 2. The molecule has 6 nitrogen and oxygen atoms in total. The first kappa shape index (κ1) is 14.9. The maximum absolute atomic E-state index is 11.9. The summed E-state index contributed by atoms with van der Waals surface area (Å²) in [5.74, 6) is 1.35. The lowest BCUT2D eigenvalue weighted by Crippen LogP contribution is -2.36. The summed E-state index contributed by atoms with van der Waals surface area (Å²) in [7, 11) is 0. The highest BCUT2D eigenvalue weighted by molar-refractivity contribution is 7.09. The van der Waals surface area contributed by atoms with Crippen molar-refractivity contribution in [3.8, 4) is 0 Å². The van der Waals surface area contributed by atoms with Crippen LogP contribution in [-0.2, 0) is 6.54 Å². The number of carbonyl (C=O) groups is 1. The minimum absolute atomic E-state index is 0.101. The van der Waals surface area contributed by atoms with Crippen molar-refractivity contribution in [3.05, 3.63) is 39.9 Å². The Bertz CT molecular complexity index is 667. The number of aryl methyl sites for hydroxylation is 1. The van der Waals surface area contributed by atoms with E-state index in [-0.39, 0.29) is 12.1 Å². The van der Waals surface area contributed by atoms with Gasteiger partial charge in [-0.15, -0.1) is 11.3 Å². The molecule has 2 amide bonds. The van der Waals surface area contributed by atoms with Crippen LogP contribution in [-0.4, -0.2) is 21.0 Å². The molecule has 0 spiro atoms. The second kappa shape index (κ2) is 6.39. The molecule has 2 aromatic rings. The molecular formula is C15H19N5OS. The van der Waals surface area contributed by atoms with Crippen LogP contribution in [0.5, 0.6) is 0 Å². The Labute approximate surface area is 133 Å². The molecule has 3 rings (SSSR count). The van der Waals surface area contributed by atoms with Gasteiger partial charge in [-0.05, 0) is 32.8 Å². The number of aromatic nitrogens is 3. The lowest BCUT2D eigenvalue weighted by molar-refractivity contribution is 0.237. The zero-order valence-electron chi connectivity index (χ0n) is 12.7. The van der Waals surface area contributed by atoms with E-state index in [2.05, 4.69) is 25.6 Å². The maximum atomic E-state index is 11.9. The average molecular weight is 317 g/mol. The van der Waals surface area contributed by atoms with Crippen molar-refractivity contribution >= 4 is 17.4 Å². The summed E-state index contributed by atoms with van der Waals surface area (Å²) in [5.41, 5.74) is 1.72. The second-order valence-electron chi connectivity index (χ2n) is 5.53. The molecule has 1 saturated carbocycles. The lowest BCUT2D eigenvalue weighted by atomic mass is 10.2. The van der Waals surface area contributed by atoms with E-state index in [1.807, 2.05) is 19.2 Å². The van der Waals surface area contributed by atoms with E-state index in [4.69, 9.17) is 0 Å². The van der Waals surface area contributed by atoms with Crippen molar-refractivity contribution in [2.75, 3.05) is 0 Å². The van der Waals surface area contributed by atoms with E-state index < -0.39 is 0 Å². The lowest BCUT2D eigenvalue weighted by Gasteiger charge is -2.12. The first-order chi connectivity index (χ1) is 10.6. The number of carbonyl (C=O) groups excluding carboxylic acids is 1. The molecule has 2 N–H and O–H groups in total. The van der Waals surface area contributed by atoms with Gasteiger partial charge in [-0.25, -0.2) is 19.7 Å². The van der Waals surface area contributed by atoms with Gasteiger partial charge in [0.05, 0.1) is 29.0 Å². The van der Waals surface area contributed by atoms with Crippen LogP contribution in [0.25, 0.3) is 0 Å². The Kier molecular flexibility index (Phi) is 4.33. The minimum atomic E-state index is -0.218. The van der Waals surface area contributed by atoms with Gasteiger partial charge in [-0.3, -0.25) is 0 Å². The molecule has 2 aromatic heterocycles. The van der Waals surface area contributed by atoms with Crippen molar-refractivity contribution in [3.63, 3.8) is 0 Å². The van der Waals surface area contributed by atoms with Crippen LogP contribution in [0.15, 0.2) is 17.6 Å². The molecule has 0 saturated heterocycles. The summed E-state index contributed by atoms with van der Waals surface area (Å²) < 4.78 is 0. The predicted molar refractivity (Wildman–Crippen MR) is 84.6 cm³/mol. The SMILES string of the molecule is Cc1nccc(CNC(=O)NC(C)c2csc(C3CC3)n2)n1. The van der Waals surface area contributed by atoms with Crippen LogP contribution in [0.1, 0.15) is 53.9 Å². The van der Waals surface area contributed by atoms with Gasteiger partial charge >= 0.3 is 6.03 Å². The van der Waals surface area contributed by atoms with E-state index in [1.54, 1.807) is 23.6 Å². The number of hydrogen-bond acceptors (Lipinski definition) is 5. The molecule has 1 aliphatic rings. The Balaban J connectivity index is 1.49. The fraction of sp³-hybridized carbons (Fsp3) is 0.467. The van der Waals surface area contributed by atoms with Crippen LogP contribution in [0.4, 0.5) is 4.79 Å². The Morgan fingerprint density at radius 2 is 2.27 bits per heavy atom. The fourth-order valence-electron chi connectivity index (χ4n) is 2.11. The average Bonchev–Trinajstić information content (AvgIpc) is 3.22. The van der Waals surface area contributed by atoms with Gasteiger partial charge < -0.3 is 10.6 Å².